The number of nitrogens with one attached hydrogen (secondary N) is 1. The van der Waals surface area contributed by atoms with Gasteiger partial charge in [0, 0.05) is 9.50 Å². The number of rotatable bonds is 3. The second-order valence-electron chi connectivity index (χ2n) is 4.55. The fourth-order valence-corrected chi connectivity index (χ4v) is 2.83. The standard InChI is InChI=1S/C15H16BrClN2/c1-9-4-3-5-12(10(9)2)15(19-18)13-8-11(17)6-7-14(13)16/h3-8,15,19H,18H2,1-2H3. The third-order valence-corrected chi connectivity index (χ3v) is 4.35. The molecule has 0 heterocycles. The zero-order valence-corrected chi connectivity index (χ0v) is 13.2. The van der Waals surface area contributed by atoms with Crippen molar-refractivity contribution in [3.63, 3.8) is 0 Å². The number of nitrogens with two attached hydrogens (primary N) is 1. The fraction of sp³-hybridized carbons (Fsp3) is 0.200. The van der Waals surface area contributed by atoms with E-state index in [1.54, 1.807) is 0 Å². The molecule has 0 saturated carbocycles. The smallest absolute Gasteiger partial charge is 0.0724 e. The Kier molecular flexibility index (Phi) is 4.63. The summed E-state index contributed by atoms with van der Waals surface area (Å²) in [6, 6.07) is 11.9. The third-order valence-electron chi connectivity index (χ3n) is 3.39. The molecule has 0 aromatic heterocycles. The van der Waals surface area contributed by atoms with Crippen molar-refractivity contribution in [2.45, 2.75) is 19.9 Å². The minimum Gasteiger partial charge on any atom is -0.271 e. The molecule has 0 saturated heterocycles. The molecule has 0 aliphatic rings. The molecular weight excluding hydrogens is 324 g/mol. The van der Waals surface area contributed by atoms with Crippen LogP contribution in [0.15, 0.2) is 40.9 Å². The Morgan fingerprint density at radius 3 is 2.58 bits per heavy atom. The molecule has 2 aromatic rings. The van der Waals surface area contributed by atoms with Crippen molar-refractivity contribution in [3.05, 3.63) is 68.1 Å². The van der Waals surface area contributed by atoms with Crippen LogP contribution in [0.25, 0.3) is 0 Å². The lowest BCUT2D eigenvalue weighted by Crippen LogP contribution is -2.29. The summed E-state index contributed by atoms with van der Waals surface area (Å²) in [7, 11) is 0. The summed E-state index contributed by atoms with van der Waals surface area (Å²) in [6.07, 6.45) is 0. The number of hydrogen-bond donors (Lipinski definition) is 2. The van der Waals surface area contributed by atoms with E-state index in [2.05, 4.69) is 47.3 Å². The van der Waals surface area contributed by atoms with Gasteiger partial charge in [0.1, 0.15) is 0 Å². The predicted molar refractivity (Wildman–Crippen MR) is 84.2 cm³/mol. The molecular formula is C15H16BrClN2. The van der Waals surface area contributed by atoms with Crippen LogP contribution in [0.5, 0.6) is 0 Å². The number of benzene rings is 2. The largest absolute Gasteiger partial charge is 0.271 e. The average molecular weight is 340 g/mol. The summed E-state index contributed by atoms with van der Waals surface area (Å²) in [5, 5.41) is 0.698. The monoisotopic (exact) mass is 338 g/mol. The van der Waals surface area contributed by atoms with E-state index in [1.165, 1.54) is 11.1 Å². The van der Waals surface area contributed by atoms with Crippen LogP contribution in [0, 0.1) is 13.8 Å². The number of halogens is 2. The molecule has 4 heteroatoms. The van der Waals surface area contributed by atoms with Crippen molar-refractivity contribution in [2.75, 3.05) is 0 Å². The van der Waals surface area contributed by atoms with Gasteiger partial charge in [-0.15, -0.1) is 0 Å². The molecule has 2 rings (SSSR count). The van der Waals surface area contributed by atoms with Gasteiger partial charge in [0.2, 0.25) is 0 Å². The van der Waals surface area contributed by atoms with Crippen LogP contribution in [0.1, 0.15) is 28.3 Å². The lowest BCUT2D eigenvalue weighted by atomic mass is 9.93. The first-order valence-electron chi connectivity index (χ1n) is 6.01. The summed E-state index contributed by atoms with van der Waals surface area (Å²) in [4.78, 5) is 0. The Bertz CT molecular complexity index is 597. The van der Waals surface area contributed by atoms with E-state index in [0.717, 1.165) is 15.6 Å². The summed E-state index contributed by atoms with van der Waals surface area (Å²) < 4.78 is 0.987. The van der Waals surface area contributed by atoms with Crippen LogP contribution in [0.4, 0.5) is 0 Å². The zero-order valence-electron chi connectivity index (χ0n) is 10.9. The van der Waals surface area contributed by atoms with Crippen molar-refractivity contribution in [1.82, 2.24) is 5.43 Å². The molecule has 3 N–H and O–H groups in total. The highest BCUT2D eigenvalue weighted by Crippen LogP contribution is 2.32. The lowest BCUT2D eigenvalue weighted by Gasteiger charge is -2.21. The van der Waals surface area contributed by atoms with Crippen LogP contribution in [-0.4, -0.2) is 0 Å². The molecule has 0 aliphatic heterocycles. The first-order valence-corrected chi connectivity index (χ1v) is 7.19. The SMILES string of the molecule is Cc1cccc(C(NN)c2cc(Cl)ccc2Br)c1C. The molecule has 0 spiro atoms. The van der Waals surface area contributed by atoms with Gasteiger partial charge in [-0.2, -0.15) is 0 Å². The average Bonchev–Trinajstić information content (AvgIpc) is 2.39. The van der Waals surface area contributed by atoms with Gasteiger partial charge in [-0.25, -0.2) is 5.43 Å². The summed E-state index contributed by atoms with van der Waals surface area (Å²) in [5.74, 6) is 5.76. The Balaban J connectivity index is 2.56. The highest BCUT2D eigenvalue weighted by molar-refractivity contribution is 9.10. The van der Waals surface area contributed by atoms with Crippen LogP contribution in [0.2, 0.25) is 5.02 Å². The first kappa shape index (κ1) is 14.5. The molecule has 0 aliphatic carbocycles. The molecule has 1 atom stereocenters. The van der Waals surface area contributed by atoms with E-state index in [-0.39, 0.29) is 6.04 Å². The van der Waals surface area contributed by atoms with Gasteiger partial charge < -0.3 is 0 Å². The lowest BCUT2D eigenvalue weighted by molar-refractivity contribution is 0.631. The minimum absolute atomic E-state index is 0.0898. The molecule has 2 aromatic carbocycles. The normalized spacial score (nSPS) is 12.5. The number of hydrazine groups is 1. The van der Waals surface area contributed by atoms with E-state index in [9.17, 15) is 0 Å². The molecule has 0 radical (unpaired) electrons. The molecule has 100 valence electrons. The topological polar surface area (TPSA) is 38.0 Å². The van der Waals surface area contributed by atoms with Gasteiger partial charge in [0.05, 0.1) is 6.04 Å². The maximum Gasteiger partial charge on any atom is 0.0724 e. The Hall–Kier alpha value is -0.870. The van der Waals surface area contributed by atoms with Crippen molar-refractivity contribution in [2.24, 2.45) is 5.84 Å². The van der Waals surface area contributed by atoms with Gasteiger partial charge >= 0.3 is 0 Å². The van der Waals surface area contributed by atoms with Crippen molar-refractivity contribution < 1.29 is 0 Å². The highest BCUT2D eigenvalue weighted by Gasteiger charge is 2.18. The van der Waals surface area contributed by atoms with Gasteiger partial charge in [0.15, 0.2) is 0 Å². The Labute approximate surface area is 127 Å². The predicted octanol–water partition coefficient (Wildman–Crippen LogP) is 4.27. The third kappa shape index (κ3) is 3.00. The van der Waals surface area contributed by atoms with E-state index < -0.39 is 0 Å². The summed E-state index contributed by atoms with van der Waals surface area (Å²) in [5.41, 5.74) is 7.55. The van der Waals surface area contributed by atoms with Crippen molar-refractivity contribution in [1.29, 1.82) is 0 Å². The molecule has 1 unspecified atom stereocenters. The quantitative estimate of drug-likeness (QED) is 0.647. The van der Waals surface area contributed by atoms with Gasteiger partial charge in [-0.1, -0.05) is 45.7 Å². The van der Waals surface area contributed by atoms with Crippen LogP contribution in [-0.2, 0) is 0 Å². The van der Waals surface area contributed by atoms with Crippen LogP contribution in [0.3, 0.4) is 0 Å². The first-order chi connectivity index (χ1) is 9.04. The molecule has 2 nitrogen and oxygen atoms in total. The van der Waals surface area contributed by atoms with Gasteiger partial charge in [-0.3, -0.25) is 5.84 Å². The van der Waals surface area contributed by atoms with Gasteiger partial charge in [0.25, 0.3) is 0 Å². The van der Waals surface area contributed by atoms with Crippen LogP contribution >= 0.6 is 27.5 Å². The second kappa shape index (κ2) is 6.06. The number of aryl methyl sites for hydroxylation is 1. The zero-order chi connectivity index (χ0) is 14.0. The molecule has 0 fully saturated rings. The van der Waals surface area contributed by atoms with E-state index in [1.807, 2.05) is 24.3 Å². The maximum atomic E-state index is 6.09. The maximum absolute atomic E-state index is 6.09. The Morgan fingerprint density at radius 2 is 1.89 bits per heavy atom. The Morgan fingerprint density at radius 1 is 1.16 bits per heavy atom. The van der Waals surface area contributed by atoms with E-state index in [4.69, 9.17) is 17.4 Å². The van der Waals surface area contributed by atoms with E-state index in [0.29, 0.717) is 5.02 Å². The summed E-state index contributed by atoms with van der Waals surface area (Å²) >= 11 is 9.65. The highest BCUT2D eigenvalue weighted by atomic mass is 79.9. The number of hydrogen-bond acceptors (Lipinski definition) is 2. The molecule has 0 amide bonds. The molecule has 0 bridgehead atoms. The van der Waals surface area contributed by atoms with Crippen molar-refractivity contribution in [3.8, 4) is 0 Å². The summed E-state index contributed by atoms with van der Waals surface area (Å²) in [6.45, 7) is 4.20. The minimum atomic E-state index is -0.0898. The van der Waals surface area contributed by atoms with Crippen LogP contribution < -0.4 is 11.3 Å². The van der Waals surface area contributed by atoms with Gasteiger partial charge in [-0.05, 0) is 54.3 Å². The van der Waals surface area contributed by atoms with E-state index >= 15 is 0 Å². The second-order valence-corrected chi connectivity index (χ2v) is 5.85. The van der Waals surface area contributed by atoms with Crippen molar-refractivity contribution >= 4 is 27.5 Å². The molecule has 19 heavy (non-hydrogen) atoms. The fourth-order valence-electron chi connectivity index (χ4n) is 2.17.